The van der Waals surface area contributed by atoms with Crippen LogP contribution in [0.1, 0.15) is 41.3 Å². The van der Waals surface area contributed by atoms with Gasteiger partial charge in [-0.3, -0.25) is 15.4 Å². The first-order chi connectivity index (χ1) is 17.9. The number of hydrogen-bond acceptors (Lipinski definition) is 5. The molecular formula is C29H32Cl2N4O2. The van der Waals surface area contributed by atoms with Gasteiger partial charge in [-0.1, -0.05) is 59.1 Å². The van der Waals surface area contributed by atoms with E-state index in [4.69, 9.17) is 27.9 Å². The van der Waals surface area contributed by atoms with E-state index in [1.165, 1.54) is 0 Å². The highest BCUT2D eigenvalue weighted by atomic mass is 35.5. The number of piperazine rings is 1. The second-order valence-corrected chi connectivity index (χ2v) is 10.4. The van der Waals surface area contributed by atoms with E-state index in [0.29, 0.717) is 35.5 Å². The molecule has 2 saturated heterocycles. The van der Waals surface area contributed by atoms with E-state index in [0.717, 1.165) is 35.3 Å². The zero-order chi connectivity index (χ0) is 26.0. The maximum atomic E-state index is 14.5. The number of ether oxygens (including phenoxy) is 1. The average molecular weight is 540 g/mol. The highest BCUT2D eigenvalue weighted by Crippen LogP contribution is 2.44. The quantitative estimate of drug-likeness (QED) is 0.414. The maximum absolute atomic E-state index is 14.5. The molecule has 2 aliphatic rings. The van der Waals surface area contributed by atoms with Gasteiger partial charge < -0.3 is 15.0 Å². The minimum atomic E-state index is -1.21. The summed E-state index contributed by atoms with van der Waals surface area (Å²) < 4.78 is 6.08. The molecule has 8 heteroatoms. The number of benzene rings is 3. The van der Waals surface area contributed by atoms with Crippen molar-refractivity contribution in [3.63, 3.8) is 0 Å². The normalized spacial score (nSPS) is 23.7. The number of carbonyl (C=O) groups is 1. The van der Waals surface area contributed by atoms with Crippen molar-refractivity contribution in [3.8, 4) is 5.75 Å². The van der Waals surface area contributed by atoms with Crippen LogP contribution in [0.5, 0.6) is 5.75 Å². The van der Waals surface area contributed by atoms with Gasteiger partial charge in [-0.15, -0.1) is 0 Å². The summed E-state index contributed by atoms with van der Waals surface area (Å²) in [7, 11) is 0. The van der Waals surface area contributed by atoms with E-state index >= 15 is 0 Å². The van der Waals surface area contributed by atoms with Crippen molar-refractivity contribution < 1.29 is 9.53 Å². The Hall–Kier alpha value is -2.61. The Morgan fingerprint density at radius 1 is 0.919 bits per heavy atom. The van der Waals surface area contributed by atoms with Crippen LogP contribution in [0, 0.1) is 6.92 Å². The Morgan fingerprint density at radius 2 is 1.46 bits per heavy atom. The first-order valence-electron chi connectivity index (χ1n) is 12.7. The number of halogens is 2. The molecule has 3 aromatic carbocycles. The molecule has 2 unspecified atom stereocenters. The van der Waals surface area contributed by atoms with E-state index in [2.05, 4.69) is 16.0 Å². The molecule has 3 N–H and O–H groups in total. The fraction of sp³-hybridized carbons (Fsp3) is 0.345. The lowest BCUT2D eigenvalue weighted by Gasteiger charge is -2.38. The molecule has 194 valence electrons. The van der Waals surface area contributed by atoms with Crippen LogP contribution in [0.15, 0.2) is 66.7 Å². The highest BCUT2D eigenvalue weighted by Gasteiger charge is 2.54. The molecule has 0 radical (unpaired) electrons. The lowest BCUT2D eigenvalue weighted by atomic mass is 9.94. The third-order valence-corrected chi connectivity index (χ3v) is 7.60. The molecule has 3 aromatic rings. The fourth-order valence-electron chi connectivity index (χ4n) is 5.28. The lowest BCUT2D eigenvalue weighted by Crippen LogP contribution is -2.61. The largest absolute Gasteiger partial charge is 0.493 e. The van der Waals surface area contributed by atoms with Crippen LogP contribution >= 0.6 is 23.2 Å². The second-order valence-electron chi connectivity index (χ2n) is 9.57. The number of aryl methyl sites for hydroxylation is 1. The zero-order valence-electron chi connectivity index (χ0n) is 21.1. The van der Waals surface area contributed by atoms with Gasteiger partial charge in [0.1, 0.15) is 5.75 Å². The van der Waals surface area contributed by atoms with Crippen molar-refractivity contribution in [2.24, 2.45) is 0 Å². The Labute approximate surface area is 228 Å². The third kappa shape index (κ3) is 5.22. The number of rotatable bonds is 6. The van der Waals surface area contributed by atoms with Gasteiger partial charge in [-0.25, -0.2) is 0 Å². The maximum Gasteiger partial charge on any atom is 0.262 e. The van der Waals surface area contributed by atoms with Crippen LogP contribution in [0.25, 0.3) is 0 Å². The molecule has 0 bridgehead atoms. The summed E-state index contributed by atoms with van der Waals surface area (Å²) in [6.45, 7) is 7.27. The molecule has 2 fully saturated rings. The summed E-state index contributed by atoms with van der Waals surface area (Å²) in [6.07, 6.45) is 0. The highest BCUT2D eigenvalue weighted by molar-refractivity contribution is 6.30. The first kappa shape index (κ1) is 26.0. The minimum Gasteiger partial charge on any atom is -0.493 e. The standard InChI is InChI=1S/C29H32Cl2N4O2/c1-3-37-25-13-4-19(2)18-24(25)29(28(36)35-16-14-32-15-17-35)33-26(20-5-9-22(30)10-6-20)27(34-29)21-7-11-23(31)12-8-21/h4-13,18,26-27,32-34H,3,14-17H2,1-2H3. The topological polar surface area (TPSA) is 65.6 Å². The lowest BCUT2D eigenvalue weighted by molar-refractivity contribution is -0.140. The van der Waals surface area contributed by atoms with Crippen LogP contribution in [-0.2, 0) is 10.5 Å². The number of nitrogens with one attached hydrogen (secondary N) is 3. The molecule has 2 atom stereocenters. The summed E-state index contributed by atoms with van der Waals surface area (Å²) in [5.41, 5.74) is 2.68. The van der Waals surface area contributed by atoms with E-state index in [9.17, 15) is 4.79 Å². The molecule has 0 aromatic heterocycles. The van der Waals surface area contributed by atoms with Gasteiger partial charge in [0.15, 0.2) is 5.66 Å². The van der Waals surface area contributed by atoms with Crippen molar-refractivity contribution in [2.75, 3.05) is 32.8 Å². The average Bonchev–Trinajstić information content (AvgIpc) is 3.32. The summed E-state index contributed by atoms with van der Waals surface area (Å²) in [6, 6.07) is 21.1. The molecule has 2 heterocycles. The summed E-state index contributed by atoms with van der Waals surface area (Å²) in [5.74, 6) is 0.666. The van der Waals surface area contributed by atoms with E-state index in [1.807, 2.05) is 85.5 Å². The molecule has 0 spiro atoms. The smallest absolute Gasteiger partial charge is 0.262 e. The van der Waals surface area contributed by atoms with E-state index in [-0.39, 0.29) is 18.0 Å². The van der Waals surface area contributed by atoms with Crippen LogP contribution in [0.3, 0.4) is 0 Å². The molecule has 0 saturated carbocycles. The number of hydrogen-bond donors (Lipinski definition) is 3. The van der Waals surface area contributed by atoms with Crippen molar-refractivity contribution in [3.05, 3.63) is 99.0 Å². The Morgan fingerprint density at radius 3 is 1.97 bits per heavy atom. The molecule has 0 aliphatic carbocycles. The molecule has 1 amide bonds. The molecule has 37 heavy (non-hydrogen) atoms. The SMILES string of the molecule is CCOc1ccc(C)cc1C1(C(=O)N2CCNCC2)NC(c2ccc(Cl)cc2)C(c2ccc(Cl)cc2)N1. The zero-order valence-corrected chi connectivity index (χ0v) is 22.6. The van der Waals surface area contributed by atoms with Gasteiger partial charge in [0.2, 0.25) is 0 Å². The third-order valence-electron chi connectivity index (χ3n) is 7.10. The first-order valence-corrected chi connectivity index (χ1v) is 13.5. The fourth-order valence-corrected chi connectivity index (χ4v) is 5.54. The molecule has 2 aliphatic heterocycles. The van der Waals surface area contributed by atoms with Crippen molar-refractivity contribution in [2.45, 2.75) is 31.6 Å². The number of amides is 1. The number of nitrogens with zero attached hydrogens (tertiary/aromatic N) is 1. The van der Waals surface area contributed by atoms with E-state index in [1.54, 1.807) is 0 Å². The van der Waals surface area contributed by atoms with Gasteiger partial charge in [0.25, 0.3) is 5.91 Å². The van der Waals surface area contributed by atoms with Crippen LogP contribution in [0.4, 0.5) is 0 Å². The molecular weight excluding hydrogens is 507 g/mol. The van der Waals surface area contributed by atoms with Crippen LogP contribution in [0.2, 0.25) is 10.0 Å². The summed E-state index contributed by atoms with van der Waals surface area (Å²) in [4.78, 5) is 16.5. The predicted octanol–water partition coefficient (Wildman–Crippen LogP) is 4.96. The van der Waals surface area contributed by atoms with Gasteiger partial charge in [-0.2, -0.15) is 0 Å². The van der Waals surface area contributed by atoms with Gasteiger partial charge in [0.05, 0.1) is 18.7 Å². The molecule has 6 nitrogen and oxygen atoms in total. The van der Waals surface area contributed by atoms with Gasteiger partial charge in [-0.05, 0) is 61.4 Å². The molecule has 5 rings (SSSR count). The monoisotopic (exact) mass is 538 g/mol. The minimum absolute atomic E-state index is 0.0176. The summed E-state index contributed by atoms with van der Waals surface area (Å²) >= 11 is 12.5. The summed E-state index contributed by atoms with van der Waals surface area (Å²) in [5, 5.41) is 12.2. The van der Waals surface area contributed by atoms with Gasteiger partial charge in [0, 0.05) is 41.8 Å². The second kappa shape index (κ2) is 11.0. The van der Waals surface area contributed by atoms with Crippen molar-refractivity contribution in [1.29, 1.82) is 0 Å². The van der Waals surface area contributed by atoms with Crippen molar-refractivity contribution >= 4 is 29.1 Å². The predicted molar refractivity (Wildman–Crippen MR) is 148 cm³/mol. The Balaban J connectivity index is 1.68. The number of carbonyl (C=O) groups excluding carboxylic acids is 1. The Bertz CT molecular complexity index is 1190. The van der Waals surface area contributed by atoms with Crippen LogP contribution < -0.4 is 20.7 Å². The van der Waals surface area contributed by atoms with Crippen LogP contribution in [-0.4, -0.2) is 43.6 Å². The Kier molecular flexibility index (Phi) is 7.75. The van der Waals surface area contributed by atoms with Crippen molar-refractivity contribution in [1.82, 2.24) is 20.9 Å². The van der Waals surface area contributed by atoms with E-state index < -0.39 is 5.66 Å². The van der Waals surface area contributed by atoms with Gasteiger partial charge >= 0.3 is 0 Å².